The van der Waals surface area contributed by atoms with Gasteiger partial charge in [-0.1, -0.05) is 197 Å². The number of ether oxygens (including phenoxy) is 2. The van der Waals surface area contributed by atoms with E-state index in [1.807, 2.05) is 19.0 Å². The summed E-state index contributed by atoms with van der Waals surface area (Å²) >= 11 is 0. The molecule has 0 spiro atoms. The van der Waals surface area contributed by atoms with E-state index >= 15 is 0 Å². The number of esters is 2. The zero-order valence-electron chi connectivity index (χ0n) is 39.6. The van der Waals surface area contributed by atoms with Gasteiger partial charge in [-0.3, -0.25) is 18.6 Å². The first-order valence-corrected chi connectivity index (χ1v) is 26.1. The fourth-order valence-corrected chi connectivity index (χ4v) is 7.34. The number of carbonyl (C=O) groups excluding carboxylic acids is 2. The van der Waals surface area contributed by atoms with Crippen LogP contribution >= 0.6 is 7.82 Å². The van der Waals surface area contributed by atoms with Gasteiger partial charge < -0.3 is 19.3 Å². The van der Waals surface area contributed by atoms with Crippen molar-refractivity contribution in [1.29, 1.82) is 0 Å². The number of likely N-dealkylation sites (N-methyl/N-ethyl adjacent to an activating group) is 1. The molecule has 0 saturated heterocycles. The topological polar surface area (TPSA) is 112 Å². The Balaban J connectivity index is 4.26. The molecule has 1 N–H and O–H groups in total. The molecule has 10 heteroatoms. The van der Waals surface area contributed by atoms with Crippen LogP contribution in [0.3, 0.4) is 0 Å². The van der Waals surface area contributed by atoms with Crippen LogP contribution < -0.4 is 0 Å². The van der Waals surface area contributed by atoms with Gasteiger partial charge in [0.1, 0.15) is 6.61 Å². The van der Waals surface area contributed by atoms with Crippen LogP contribution in [-0.4, -0.2) is 68.3 Å². The van der Waals surface area contributed by atoms with E-state index in [1.54, 1.807) is 0 Å². The maximum absolute atomic E-state index is 12.7. The first-order chi connectivity index (χ1) is 29.7. The van der Waals surface area contributed by atoms with E-state index in [0.29, 0.717) is 13.0 Å². The molecule has 0 aromatic rings. The van der Waals surface area contributed by atoms with Crippen LogP contribution in [0.1, 0.15) is 206 Å². The van der Waals surface area contributed by atoms with Crippen molar-refractivity contribution in [2.45, 2.75) is 213 Å². The molecule has 354 valence electrons. The Hall–Kier alpha value is -2.29. The van der Waals surface area contributed by atoms with Gasteiger partial charge >= 0.3 is 19.8 Å². The zero-order chi connectivity index (χ0) is 44.8. The van der Waals surface area contributed by atoms with Crippen LogP contribution in [-0.2, 0) is 32.7 Å². The lowest BCUT2D eigenvalue weighted by molar-refractivity contribution is -0.161. The Kier molecular flexibility index (Phi) is 44.0. The summed E-state index contributed by atoms with van der Waals surface area (Å²) in [6.07, 6.45) is 54.1. The van der Waals surface area contributed by atoms with Crippen LogP contribution in [0.5, 0.6) is 0 Å². The lowest BCUT2D eigenvalue weighted by atomic mass is 10.0. The third-order valence-electron chi connectivity index (χ3n) is 10.3. The van der Waals surface area contributed by atoms with Crippen molar-refractivity contribution in [2.75, 3.05) is 40.5 Å². The maximum Gasteiger partial charge on any atom is 0.472 e. The Morgan fingerprint density at radius 2 is 0.934 bits per heavy atom. The summed E-state index contributed by atoms with van der Waals surface area (Å²) in [5.41, 5.74) is 0. The van der Waals surface area contributed by atoms with Gasteiger partial charge in [-0.2, -0.15) is 0 Å². The molecule has 61 heavy (non-hydrogen) atoms. The van der Waals surface area contributed by atoms with Crippen LogP contribution in [0.15, 0.2) is 60.8 Å². The minimum absolute atomic E-state index is 0.000714. The largest absolute Gasteiger partial charge is 0.472 e. The Bertz CT molecular complexity index is 1200. The maximum atomic E-state index is 12.7. The van der Waals surface area contributed by atoms with Crippen molar-refractivity contribution >= 4 is 19.8 Å². The van der Waals surface area contributed by atoms with E-state index in [4.69, 9.17) is 18.5 Å². The molecule has 0 aliphatic rings. The smallest absolute Gasteiger partial charge is 0.462 e. The van der Waals surface area contributed by atoms with E-state index in [2.05, 4.69) is 74.6 Å². The van der Waals surface area contributed by atoms with Crippen LogP contribution in [0.2, 0.25) is 0 Å². The standard InChI is InChI=1S/C51H92NO8P/c1-5-7-9-11-13-15-17-19-21-23-25-27-29-31-33-35-37-39-41-43-50(53)57-47-49(48-59-61(55,56)58-46-45-52(3)4)60-51(54)44-42-40-38-36-34-32-30-28-26-24-22-20-18-16-14-12-10-8-6-2/h8,10,14,16,20,22,26,28,32,34,49H,5-7,9,11-13,15,17-19,21,23-25,27,29-31,33,35-48H2,1-4H3,(H,55,56)/b10-8-,16-14-,22-20-,28-26-,34-32-. The average Bonchev–Trinajstić information content (AvgIpc) is 3.23. The highest BCUT2D eigenvalue weighted by molar-refractivity contribution is 7.47. The third kappa shape index (κ3) is 47.0. The number of phosphoric acid groups is 1. The van der Waals surface area contributed by atoms with E-state index in [1.165, 1.54) is 103 Å². The first kappa shape index (κ1) is 58.7. The minimum Gasteiger partial charge on any atom is -0.462 e. The van der Waals surface area contributed by atoms with Gasteiger partial charge in [-0.05, 0) is 71.9 Å². The molecular formula is C51H92NO8P. The summed E-state index contributed by atoms with van der Waals surface area (Å²) in [6.45, 7) is 4.19. The van der Waals surface area contributed by atoms with Crippen LogP contribution in [0, 0.1) is 0 Å². The quantitative estimate of drug-likeness (QED) is 0.0277. The van der Waals surface area contributed by atoms with Gasteiger partial charge in [0.05, 0.1) is 13.2 Å². The molecule has 2 atom stereocenters. The SMILES string of the molecule is CC/C=C\C/C=C\C/C=C\C/C=C\C/C=C\CCCCCC(=O)OC(COC(=O)CCCCCCCCCCCCCCCCCCCCC)COP(=O)(O)OCCN(C)C. The van der Waals surface area contributed by atoms with Gasteiger partial charge in [0.15, 0.2) is 6.10 Å². The number of allylic oxidation sites excluding steroid dienone is 10. The summed E-state index contributed by atoms with van der Waals surface area (Å²) in [5, 5.41) is 0. The Morgan fingerprint density at radius 3 is 1.39 bits per heavy atom. The summed E-state index contributed by atoms with van der Waals surface area (Å²) in [5.74, 6) is -0.836. The number of unbranched alkanes of at least 4 members (excludes halogenated alkanes) is 21. The molecule has 0 aromatic carbocycles. The summed E-state index contributed by atoms with van der Waals surface area (Å²) < 4.78 is 33.6. The molecule has 0 bridgehead atoms. The van der Waals surface area contributed by atoms with Crippen LogP contribution in [0.25, 0.3) is 0 Å². The second-order valence-corrected chi connectivity index (χ2v) is 18.1. The second-order valence-electron chi connectivity index (χ2n) is 16.6. The van der Waals surface area contributed by atoms with E-state index < -0.39 is 26.5 Å². The number of phosphoric ester groups is 1. The van der Waals surface area contributed by atoms with E-state index in [9.17, 15) is 19.0 Å². The van der Waals surface area contributed by atoms with Gasteiger partial charge in [-0.15, -0.1) is 0 Å². The predicted octanol–water partition coefficient (Wildman–Crippen LogP) is 14.7. The lowest BCUT2D eigenvalue weighted by Crippen LogP contribution is -2.29. The van der Waals surface area contributed by atoms with Crippen molar-refractivity contribution in [3.05, 3.63) is 60.8 Å². The molecule has 0 aromatic heterocycles. The zero-order valence-corrected chi connectivity index (χ0v) is 40.5. The highest BCUT2D eigenvalue weighted by Gasteiger charge is 2.26. The first-order valence-electron chi connectivity index (χ1n) is 24.6. The minimum atomic E-state index is -4.38. The number of hydrogen-bond donors (Lipinski definition) is 1. The molecule has 0 amide bonds. The molecule has 0 saturated carbocycles. The van der Waals surface area contributed by atoms with Crippen molar-refractivity contribution in [3.8, 4) is 0 Å². The second kappa shape index (κ2) is 45.7. The Labute approximate surface area is 374 Å². The molecule has 0 aliphatic carbocycles. The number of carbonyl (C=O) groups is 2. The average molecular weight is 878 g/mol. The molecule has 2 unspecified atom stereocenters. The highest BCUT2D eigenvalue weighted by atomic mass is 31.2. The number of nitrogens with zero attached hydrogens (tertiary/aromatic N) is 1. The van der Waals surface area contributed by atoms with Crippen molar-refractivity contribution in [3.63, 3.8) is 0 Å². The number of hydrogen-bond acceptors (Lipinski definition) is 8. The highest BCUT2D eigenvalue weighted by Crippen LogP contribution is 2.43. The summed E-state index contributed by atoms with van der Waals surface area (Å²) in [4.78, 5) is 37.2. The molecule has 0 aliphatic heterocycles. The Morgan fingerprint density at radius 1 is 0.525 bits per heavy atom. The molecule has 9 nitrogen and oxygen atoms in total. The monoisotopic (exact) mass is 878 g/mol. The lowest BCUT2D eigenvalue weighted by Gasteiger charge is -2.20. The normalized spacial score (nSPS) is 13.8. The molecule has 0 radical (unpaired) electrons. The van der Waals surface area contributed by atoms with E-state index in [0.717, 1.165) is 70.6 Å². The molecule has 0 rings (SSSR count). The van der Waals surface area contributed by atoms with Crippen molar-refractivity contribution in [2.24, 2.45) is 0 Å². The van der Waals surface area contributed by atoms with Gasteiger partial charge in [0.2, 0.25) is 0 Å². The molecule has 0 heterocycles. The number of rotatable bonds is 45. The van der Waals surface area contributed by atoms with Gasteiger partial charge in [0, 0.05) is 19.4 Å². The third-order valence-corrected chi connectivity index (χ3v) is 11.3. The van der Waals surface area contributed by atoms with Crippen molar-refractivity contribution in [1.82, 2.24) is 4.90 Å². The summed E-state index contributed by atoms with van der Waals surface area (Å²) in [6, 6.07) is 0. The fourth-order valence-electron chi connectivity index (χ4n) is 6.60. The summed E-state index contributed by atoms with van der Waals surface area (Å²) in [7, 11) is -0.733. The fraction of sp³-hybridized carbons (Fsp3) is 0.765. The van der Waals surface area contributed by atoms with Gasteiger partial charge in [0.25, 0.3) is 0 Å². The van der Waals surface area contributed by atoms with E-state index in [-0.39, 0.29) is 32.0 Å². The predicted molar refractivity (Wildman–Crippen MR) is 257 cm³/mol. The molecular weight excluding hydrogens is 786 g/mol. The molecule has 0 fully saturated rings. The van der Waals surface area contributed by atoms with Crippen LogP contribution in [0.4, 0.5) is 0 Å². The van der Waals surface area contributed by atoms with Gasteiger partial charge in [-0.25, -0.2) is 4.57 Å². The van der Waals surface area contributed by atoms with Crippen molar-refractivity contribution < 1.29 is 37.6 Å².